The van der Waals surface area contributed by atoms with E-state index in [1.54, 1.807) is 24.3 Å². The van der Waals surface area contributed by atoms with Crippen LogP contribution < -0.4 is 14.5 Å². The van der Waals surface area contributed by atoms with Gasteiger partial charge in [0.1, 0.15) is 5.75 Å². The minimum Gasteiger partial charge on any atom is -0.424 e. The maximum atomic E-state index is 14.0. The Morgan fingerprint density at radius 1 is 0.944 bits per heavy atom. The zero-order valence-corrected chi connectivity index (χ0v) is 20.1. The molecule has 3 heterocycles. The summed E-state index contributed by atoms with van der Waals surface area (Å²) in [5.41, 5.74) is 1.90. The van der Waals surface area contributed by atoms with E-state index in [0.717, 1.165) is 18.8 Å². The van der Waals surface area contributed by atoms with Crippen LogP contribution in [0.15, 0.2) is 48.5 Å². The lowest BCUT2D eigenvalue weighted by molar-refractivity contribution is 0.122. The molecule has 0 atom stereocenters. The zero-order valence-electron chi connectivity index (χ0n) is 20.1. The first-order chi connectivity index (χ1) is 17.6. The van der Waals surface area contributed by atoms with Crippen LogP contribution in [-0.2, 0) is 4.74 Å². The molecule has 4 aromatic rings. The van der Waals surface area contributed by atoms with Crippen LogP contribution in [-0.4, -0.2) is 63.9 Å². The van der Waals surface area contributed by atoms with Gasteiger partial charge in [-0.15, -0.1) is 0 Å². The first kappa shape index (κ1) is 23.9. The molecule has 0 saturated carbocycles. The molecule has 1 aliphatic rings. The van der Waals surface area contributed by atoms with Gasteiger partial charge in [-0.25, -0.2) is 13.8 Å². The lowest BCUT2D eigenvalue weighted by atomic mass is 10.2. The Balaban J connectivity index is 1.61. The van der Waals surface area contributed by atoms with Gasteiger partial charge in [-0.2, -0.15) is 15.0 Å². The predicted molar refractivity (Wildman–Crippen MR) is 133 cm³/mol. The Morgan fingerprint density at radius 2 is 1.69 bits per heavy atom. The number of para-hydroxylation sites is 2. The second-order valence-electron chi connectivity index (χ2n) is 8.18. The van der Waals surface area contributed by atoms with E-state index in [9.17, 15) is 8.78 Å². The van der Waals surface area contributed by atoms with Crippen molar-refractivity contribution in [2.75, 3.05) is 49.2 Å². The molecule has 0 radical (unpaired) electrons. The topological polar surface area (TPSA) is 81.4 Å². The van der Waals surface area contributed by atoms with Crippen LogP contribution in [0, 0.1) is 0 Å². The molecule has 0 bridgehead atoms. The summed E-state index contributed by atoms with van der Waals surface area (Å²) in [6.07, 6.45) is -2.82. The molecule has 1 saturated heterocycles. The fourth-order valence-electron chi connectivity index (χ4n) is 4.23. The first-order valence-electron chi connectivity index (χ1n) is 11.9. The quantitative estimate of drug-likeness (QED) is 0.350. The van der Waals surface area contributed by atoms with E-state index in [4.69, 9.17) is 9.47 Å². The first-order valence-corrected chi connectivity index (χ1v) is 11.9. The molecule has 0 spiro atoms. The Bertz CT molecular complexity index is 1340. The third-order valence-electron chi connectivity index (χ3n) is 6.02. The van der Waals surface area contributed by atoms with Crippen LogP contribution in [0.4, 0.5) is 20.4 Å². The Labute approximate surface area is 207 Å². The summed E-state index contributed by atoms with van der Waals surface area (Å²) in [6.45, 7) is 8.01. The van der Waals surface area contributed by atoms with Gasteiger partial charge in [0, 0.05) is 37.9 Å². The molecule has 1 aliphatic heterocycles. The van der Waals surface area contributed by atoms with E-state index in [1.807, 2.05) is 29.2 Å². The number of hydrogen-bond donors (Lipinski definition) is 0. The number of nitrogens with zero attached hydrogens (tertiary/aromatic N) is 7. The van der Waals surface area contributed by atoms with Gasteiger partial charge >= 0.3 is 6.01 Å². The van der Waals surface area contributed by atoms with Crippen molar-refractivity contribution in [1.29, 1.82) is 0 Å². The molecule has 2 aromatic carbocycles. The van der Waals surface area contributed by atoms with E-state index < -0.39 is 12.2 Å². The number of aromatic nitrogens is 5. The van der Waals surface area contributed by atoms with E-state index in [-0.39, 0.29) is 12.0 Å². The number of morpholine rings is 1. The van der Waals surface area contributed by atoms with Crippen molar-refractivity contribution in [3.8, 4) is 17.7 Å². The van der Waals surface area contributed by atoms with Crippen LogP contribution in [0.1, 0.15) is 26.1 Å². The highest BCUT2D eigenvalue weighted by Gasteiger charge is 2.25. The maximum absolute atomic E-state index is 14.0. The van der Waals surface area contributed by atoms with Gasteiger partial charge in [0.25, 0.3) is 6.43 Å². The Kier molecular flexibility index (Phi) is 6.90. The van der Waals surface area contributed by atoms with Crippen molar-refractivity contribution in [3.63, 3.8) is 0 Å². The van der Waals surface area contributed by atoms with Gasteiger partial charge in [0.05, 0.1) is 24.2 Å². The van der Waals surface area contributed by atoms with Crippen molar-refractivity contribution in [2.24, 2.45) is 0 Å². The maximum Gasteiger partial charge on any atom is 0.328 e. The smallest absolute Gasteiger partial charge is 0.328 e. The number of benzene rings is 2. The van der Waals surface area contributed by atoms with E-state index in [0.29, 0.717) is 49.0 Å². The fourth-order valence-corrected chi connectivity index (χ4v) is 4.23. The third-order valence-corrected chi connectivity index (χ3v) is 6.02. The van der Waals surface area contributed by atoms with Gasteiger partial charge < -0.3 is 19.3 Å². The number of rotatable bonds is 8. The minimum atomic E-state index is -2.82. The molecule has 1 fully saturated rings. The SMILES string of the molecule is CCN(CC)c1cccc(Oc2nc(N3CCOCC3)nc(-n3c(C(F)F)nc4ccccc43)n2)c1. The summed E-state index contributed by atoms with van der Waals surface area (Å²) in [7, 11) is 0. The normalized spacial score (nSPS) is 14.0. The minimum absolute atomic E-state index is 0.0104. The van der Waals surface area contributed by atoms with Crippen LogP contribution >= 0.6 is 0 Å². The summed E-state index contributed by atoms with van der Waals surface area (Å²) in [4.78, 5) is 21.8. The Hall–Kier alpha value is -3.86. The zero-order chi connectivity index (χ0) is 25.1. The number of halogens is 2. The summed E-state index contributed by atoms with van der Waals surface area (Å²) >= 11 is 0. The van der Waals surface area contributed by atoms with Crippen LogP contribution in [0.25, 0.3) is 17.0 Å². The number of hydrogen-bond acceptors (Lipinski definition) is 8. The number of imidazole rings is 1. The van der Waals surface area contributed by atoms with Crippen LogP contribution in [0.5, 0.6) is 11.8 Å². The summed E-state index contributed by atoms with van der Waals surface area (Å²) < 4.78 is 40.8. The second-order valence-corrected chi connectivity index (χ2v) is 8.18. The molecular formula is C25H27F2N7O2. The highest BCUT2D eigenvalue weighted by molar-refractivity contribution is 5.77. The molecule has 0 unspecified atom stereocenters. The standard InChI is InChI=1S/C25H27F2N7O2/c1-3-32(4-2)17-8-7-9-18(16-17)36-25-30-23(33-12-14-35-15-13-33)29-24(31-25)34-20-11-6-5-10-19(20)28-22(34)21(26)27/h5-11,16,21H,3-4,12-15H2,1-2H3. The number of ether oxygens (including phenoxy) is 2. The third kappa shape index (κ3) is 4.78. The fraction of sp³-hybridized carbons (Fsp3) is 0.360. The molecule has 5 rings (SSSR count). The molecule has 0 amide bonds. The van der Waals surface area contributed by atoms with Crippen molar-refractivity contribution in [3.05, 3.63) is 54.4 Å². The van der Waals surface area contributed by atoms with Gasteiger partial charge in [0.2, 0.25) is 11.9 Å². The van der Waals surface area contributed by atoms with Gasteiger partial charge in [0.15, 0.2) is 5.82 Å². The Morgan fingerprint density at radius 3 is 2.44 bits per heavy atom. The summed E-state index contributed by atoms with van der Waals surface area (Å²) in [5, 5.41) is 0. The number of anilines is 2. The molecular weight excluding hydrogens is 468 g/mol. The number of fused-ring (bicyclic) bond motifs is 1. The summed E-state index contributed by atoms with van der Waals surface area (Å²) in [5.74, 6) is 0.445. The molecule has 0 N–H and O–H groups in total. The molecule has 9 nitrogen and oxygen atoms in total. The lowest BCUT2D eigenvalue weighted by Crippen LogP contribution is -2.37. The highest BCUT2D eigenvalue weighted by atomic mass is 19.3. The van der Waals surface area contributed by atoms with Gasteiger partial charge in [-0.3, -0.25) is 4.57 Å². The van der Waals surface area contributed by atoms with Crippen molar-refractivity contribution >= 4 is 22.7 Å². The lowest BCUT2D eigenvalue weighted by Gasteiger charge is -2.27. The molecule has 188 valence electrons. The molecule has 0 aliphatic carbocycles. The van der Waals surface area contributed by atoms with Crippen molar-refractivity contribution in [2.45, 2.75) is 20.3 Å². The second kappa shape index (κ2) is 10.4. The van der Waals surface area contributed by atoms with E-state index in [1.165, 1.54) is 4.57 Å². The van der Waals surface area contributed by atoms with Gasteiger partial charge in [-0.05, 0) is 38.1 Å². The average molecular weight is 496 g/mol. The van der Waals surface area contributed by atoms with Crippen LogP contribution in [0.3, 0.4) is 0 Å². The van der Waals surface area contributed by atoms with Crippen LogP contribution in [0.2, 0.25) is 0 Å². The number of alkyl halides is 2. The molecule has 2 aromatic heterocycles. The van der Waals surface area contributed by atoms with Crippen molar-refractivity contribution in [1.82, 2.24) is 24.5 Å². The molecule has 11 heteroatoms. The summed E-state index contributed by atoms with van der Waals surface area (Å²) in [6, 6.07) is 14.5. The van der Waals surface area contributed by atoms with Gasteiger partial charge in [-0.1, -0.05) is 18.2 Å². The molecule has 36 heavy (non-hydrogen) atoms. The largest absolute Gasteiger partial charge is 0.424 e. The van der Waals surface area contributed by atoms with Crippen molar-refractivity contribution < 1.29 is 18.3 Å². The monoisotopic (exact) mass is 495 g/mol. The average Bonchev–Trinajstić information content (AvgIpc) is 3.30. The predicted octanol–water partition coefficient (Wildman–Crippen LogP) is 4.62. The van der Waals surface area contributed by atoms with E-state index >= 15 is 0 Å². The highest BCUT2D eigenvalue weighted by Crippen LogP contribution is 2.30. The van der Waals surface area contributed by atoms with E-state index in [2.05, 4.69) is 38.7 Å².